The van der Waals surface area contributed by atoms with Crippen molar-refractivity contribution in [2.75, 3.05) is 5.32 Å². The molecule has 0 aliphatic rings. The molecule has 0 bridgehead atoms. The van der Waals surface area contributed by atoms with Crippen LogP contribution >= 0.6 is 0 Å². The zero-order chi connectivity index (χ0) is 23.8. The number of hydrogen-bond donors (Lipinski definition) is 2. The molecular weight excluding hydrogens is 436 g/mol. The second-order valence-corrected chi connectivity index (χ2v) is 8.50. The molecule has 4 heterocycles. The van der Waals surface area contributed by atoms with Crippen LogP contribution in [-0.2, 0) is 7.05 Å². The van der Waals surface area contributed by atoms with Crippen molar-refractivity contribution in [3.63, 3.8) is 0 Å². The van der Waals surface area contributed by atoms with Gasteiger partial charge in [0.15, 0.2) is 0 Å². The third-order valence-corrected chi connectivity index (χ3v) is 6.24. The smallest absolute Gasteiger partial charge is 0.247 e. The Morgan fingerprint density at radius 1 is 0.943 bits per heavy atom. The highest BCUT2D eigenvalue weighted by atomic mass is 16.1. The summed E-state index contributed by atoms with van der Waals surface area (Å²) in [6.07, 6.45) is 10.8. The minimum Gasteiger partial charge on any atom is -0.374 e. The van der Waals surface area contributed by atoms with E-state index in [1.54, 1.807) is 24.8 Å². The Hall–Kier alpha value is -4.78. The van der Waals surface area contributed by atoms with E-state index in [0.29, 0.717) is 0 Å². The number of aryl methyl sites for hydroxylation is 1. The summed E-state index contributed by atoms with van der Waals surface area (Å²) in [5.41, 5.74) is 7.49. The number of pyridine rings is 2. The maximum atomic E-state index is 11.7. The van der Waals surface area contributed by atoms with Crippen LogP contribution in [0.25, 0.3) is 33.1 Å². The molecule has 0 aliphatic carbocycles. The molecule has 4 aromatic heterocycles. The van der Waals surface area contributed by atoms with Gasteiger partial charge in [-0.25, -0.2) is 0 Å². The fourth-order valence-corrected chi connectivity index (χ4v) is 4.48. The zero-order valence-electron chi connectivity index (χ0n) is 19.0. The Labute approximate surface area is 201 Å². The van der Waals surface area contributed by atoms with Crippen molar-refractivity contribution in [1.82, 2.24) is 24.5 Å². The number of rotatable bonds is 5. The van der Waals surface area contributed by atoms with Crippen LogP contribution in [0.5, 0.6) is 0 Å². The molecule has 0 saturated heterocycles. The molecule has 0 radical (unpaired) electrons. The third-order valence-electron chi connectivity index (χ3n) is 6.24. The summed E-state index contributed by atoms with van der Waals surface area (Å²) in [5, 5.41) is 4.83. The lowest BCUT2D eigenvalue weighted by molar-refractivity contribution is 0.914. The molecule has 0 saturated carbocycles. The van der Waals surface area contributed by atoms with Crippen molar-refractivity contribution in [1.29, 1.82) is 0 Å². The maximum absolute atomic E-state index is 11.7. The maximum Gasteiger partial charge on any atom is 0.247 e. The SMILES string of the molecule is Cn1ccc2ccc(-c3cc(N[C@H](c4cccnc4)c4ccc(=O)[nH]c4)cc4nccnc34)cc21. The monoisotopic (exact) mass is 458 g/mol. The van der Waals surface area contributed by atoms with Crippen molar-refractivity contribution >= 4 is 27.6 Å². The molecule has 0 amide bonds. The van der Waals surface area contributed by atoms with Crippen molar-refractivity contribution in [3.8, 4) is 11.1 Å². The largest absolute Gasteiger partial charge is 0.374 e. The lowest BCUT2D eigenvalue weighted by Crippen LogP contribution is -2.15. The van der Waals surface area contributed by atoms with Crippen molar-refractivity contribution < 1.29 is 0 Å². The van der Waals surface area contributed by atoms with E-state index in [1.165, 1.54) is 11.5 Å². The van der Waals surface area contributed by atoms with Crippen molar-refractivity contribution in [2.24, 2.45) is 7.05 Å². The van der Waals surface area contributed by atoms with Gasteiger partial charge in [-0.1, -0.05) is 18.2 Å². The number of benzene rings is 2. The highest BCUT2D eigenvalue weighted by molar-refractivity contribution is 5.97. The molecular formula is C28H22N6O. The standard InChI is InChI=1S/C28H22N6O/c1-34-12-8-18-4-5-19(13-25(18)34)23-14-22(15-24-28(23)31-11-10-30-24)33-27(20-3-2-9-29-16-20)21-6-7-26(35)32-17-21/h2-17,27,33H,1H3,(H,32,35)/t27-/m1/s1. The highest BCUT2D eigenvalue weighted by Gasteiger charge is 2.17. The topological polar surface area (TPSA) is 88.5 Å². The number of aromatic nitrogens is 5. The summed E-state index contributed by atoms with van der Waals surface area (Å²) < 4.78 is 2.11. The van der Waals surface area contributed by atoms with Crippen LogP contribution in [0.15, 0.2) is 103 Å². The van der Waals surface area contributed by atoms with Gasteiger partial charge in [0.1, 0.15) is 0 Å². The average Bonchev–Trinajstić information content (AvgIpc) is 3.28. The lowest BCUT2D eigenvalue weighted by atomic mass is 9.99. The molecule has 7 nitrogen and oxygen atoms in total. The molecule has 1 atom stereocenters. The first-order chi connectivity index (χ1) is 17.2. The molecule has 0 unspecified atom stereocenters. The van der Waals surface area contributed by atoms with Crippen LogP contribution in [0.1, 0.15) is 17.2 Å². The fourth-order valence-electron chi connectivity index (χ4n) is 4.48. The molecule has 35 heavy (non-hydrogen) atoms. The third kappa shape index (κ3) is 3.93. The van der Waals surface area contributed by atoms with E-state index in [0.717, 1.165) is 44.5 Å². The molecule has 2 N–H and O–H groups in total. The Morgan fingerprint density at radius 2 is 1.86 bits per heavy atom. The normalized spacial score (nSPS) is 12.1. The van der Waals surface area contributed by atoms with Crippen LogP contribution in [0.3, 0.4) is 0 Å². The van der Waals surface area contributed by atoms with Gasteiger partial charge in [-0.15, -0.1) is 0 Å². The molecule has 0 spiro atoms. The van der Waals surface area contributed by atoms with E-state index in [4.69, 9.17) is 0 Å². The van der Waals surface area contributed by atoms with Gasteiger partial charge in [0, 0.05) is 67.1 Å². The number of anilines is 1. The van der Waals surface area contributed by atoms with Crippen LogP contribution in [0.4, 0.5) is 5.69 Å². The van der Waals surface area contributed by atoms with E-state index >= 15 is 0 Å². The van der Waals surface area contributed by atoms with Crippen molar-refractivity contribution in [2.45, 2.75) is 6.04 Å². The quantitative estimate of drug-likeness (QED) is 0.376. The van der Waals surface area contributed by atoms with Gasteiger partial charge in [-0.05, 0) is 58.5 Å². The highest BCUT2D eigenvalue weighted by Crippen LogP contribution is 2.34. The molecule has 2 aromatic carbocycles. The average molecular weight is 459 g/mol. The van der Waals surface area contributed by atoms with E-state index in [2.05, 4.69) is 66.3 Å². The zero-order valence-corrected chi connectivity index (χ0v) is 19.0. The van der Waals surface area contributed by atoms with Gasteiger partial charge in [0.2, 0.25) is 5.56 Å². The Morgan fingerprint density at radius 3 is 2.69 bits per heavy atom. The number of hydrogen-bond acceptors (Lipinski definition) is 5. The van der Waals surface area contributed by atoms with Crippen LogP contribution in [-0.4, -0.2) is 24.5 Å². The molecule has 6 rings (SSSR count). The number of fused-ring (bicyclic) bond motifs is 2. The van der Waals surface area contributed by atoms with Gasteiger partial charge in [0.25, 0.3) is 0 Å². The number of aromatic amines is 1. The van der Waals surface area contributed by atoms with Crippen LogP contribution in [0, 0.1) is 0 Å². The van der Waals surface area contributed by atoms with Gasteiger partial charge in [-0.3, -0.25) is 19.7 Å². The van der Waals surface area contributed by atoms with Gasteiger partial charge in [-0.2, -0.15) is 0 Å². The predicted molar refractivity (Wildman–Crippen MR) is 138 cm³/mol. The van der Waals surface area contributed by atoms with Gasteiger partial charge >= 0.3 is 0 Å². The molecule has 0 aliphatic heterocycles. The minimum atomic E-state index is -0.224. The fraction of sp³-hybridized carbons (Fsp3) is 0.0714. The van der Waals surface area contributed by atoms with E-state index in [9.17, 15) is 4.79 Å². The summed E-state index contributed by atoms with van der Waals surface area (Å²) in [6, 6.07) is 19.7. The number of H-pyrrole nitrogens is 1. The summed E-state index contributed by atoms with van der Waals surface area (Å²) in [5.74, 6) is 0. The molecule has 0 fully saturated rings. The Balaban J connectivity index is 1.50. The summed E-state index contributed by atoms with van der Waals surface area (Å²) in [7, 11) is 2.05. The Bertz CT molecular complexity index is 1700. The van der Waals surface area contributed by atoms with E-state index in [-0.39, 0.29) is 11.6 Å². The van der Waals surface area contributed by atoms with Gasteiger partial charge < -0.3 is 14.9 Å². The second-order valence-electron chi connectivity index (χ2n) is 8.50. The van der Waals surface area contributed by atoms with Gasteiger partial charge in [0.05, 0.1) is 17.1 Å². The first-order valence-corrected chi connectivity index (χ1v) is 11.3. The minimum absolute atomic E-state index is 0.141. The predicted octanol–water partition coefficient (Wildman–Crippen LogP) is 5.07. The Kier molecular flexibility index (Phi) is 5.07. The second kappa shape index (κ2) is 8.53. The van der Waals surface area contributed by atoms with Crippen LogP contribution in [0.2, 0.25) is 0 Å². The summed E-state index contributed by atoms with van der Waals surface area (Å²) in [6.45, 7) is 0. The van der Waals surface area contributed by atoms with Crippen molar-refractivity contribution in [3.05, 3.63) is 119 Å². The number of nitrogens with zero attached hydrogens (tertiary/aromatic N) is 4. The first-order valence-electron chi connectivity index (χ1n) is 11.3. The summed E-state index contributed by atoms with van der Waals surface area (Å²) in [4.78, 5) is 28.0. The van der Waals surface area contributed by atoms with Crippen LogP contribution < -0.4 is 10.9 Å². The molecule has 6 aromatic rings. The van der Waals surface area contributed by atoms with E-state index in [1.807, 2.05) is 37.5 Å². The molecule has 170 valence electrons. The summed E-state index contributed by atoms with van der Waals surface area (Å²) >= 11 is 0. The lowest BCUT2D eigenvalue weighted by Gasteiger charge is -2.21. The molecule has 7 heteroatoms. The number of nitrogens with one attached hydrogen (secondary N) is 2. The first kappa shape index (κ1) is 20.8. The van der Waals surface area contributed by atoms with E-state index < -0.39 is 0 Å².